The standard InChI is InChI=1S/C69H25N23S23/c1-2-94-48(70-1)27-4-96-50(72-27)29-6-98-52(74-29)31-8-100-54(76-31)33-10-102-56(78-33)35-12-104-58(80-35)37-14-106-60(82-37)39-16-108-62(84-39)41-18-110-64(86-41)43-20-112-66(88-43)45-22-114-68(90-45)47-24-115-69(92-47)46-23-113-67(91-46)44-21-111-65(89-44)42-19-109-63(87-42)40-17-107-61(85-40)38-15-105-59(83-38)36-13-103-57(81-36)34-11-101-55(79-34)32-9-99-53(77-32)30-7-97-51(75-30)28-5-95-49(73-28)26-3-93-25-71-26/h1-25H. The second-order valence-electron chi connectivity index (χ2n) is 23.5. The van der Waals surface area contributed by atoms with Gasteiger partial charge in [0.1, 0.15) is 235 Å². The molecule has 0 saturated heterocycles. The Balaban J connectivity index is 0.393. The van der Waals surface area contributed by atoms with Crippen molar-refractivity contribution < 1.29 is 0 Å². The third-order valence-electron chi connectivity index (χ3n) is 16.3. The van der Waals surface area contributed by atoms with Crippen LogP contribution in [0.2, 0.25) is 0 Å². The highest BCUT2D eigenvalue weighted by atomic mass is 32.2. The molecule has 23 aromatic rings. The van der Waals surface area contributed by atoms with Crippen LogP contribution in [-0.4, -0.2) is 115 Å². The maximum absolute atomic E-state index is 5.00. The summed E-state index contributed by atoms with van der Waals surface area (Å²) >= 11 is 35.6. The van der Waals surface area contributed by atoms with Crippen molar-refractivity contribution in [3.05, 3.63) is 135 Å². The van der Waals surface area contributed by atoms with Gasteiger partial charge in [0, 0.05) is 130 Å². The summed E-state index contributed by atoms with van der Waals surface area (Å²) < 4.78 is 0. The molecule has 0 atom stereocenters. The average Bonchev–Trinajstić information content (AvgIpc) is 1.97. The molecule has 0 aliphatic carbocycles. The molecule has 0 N–H and O–H groups in total. The number of thiazole rings is 23. The summed E-state index contributed by atoms with van der Waals surface area (Å²) in [4.78, 5) is 113. The summed E-state index contributed by atoms with van der Waals surface area (Å²) in [6, 6.07) is 0. The van der Waals surface area contributed by atoms with E-state index in [4.69, 9.17) is 105 Å². The van der Waals surface area contributed by atoms with Crippen LogP contribution in [0, 0.1) is 0 Å². The molecule has 0 amide bonds. The van der Waals surface area contributed by atoms with E-state index in [-0.39, 0.29) is 0 Å². The summed E-state index contributed by atoms with van der Waals surface area (Å²) in [6.07, 6.45) is 1.79. The second kappa shape index (κ2) is 30.4. The van der Waals surface area contributed by atoms with Crippen LogP contribution in [0.5, 0.6) is 0 Å². The minimum Gasteiger partial charge on any atom is -0.243 e. The van der Waals surface area contributed by atoms with Crippen LogP contribution in [0.15, 0.2) is 135 Å². The molecule has 23 rings (SSSR count). The zero-order valence-corrected chi connectivity index (χ0v) is 74.9. The van der Waals surface area contributed by atoms with Gasteiger partial charge in [0.25, 0.3) is 0 Å². The van der Waals surface area contributed by atoms with Gasteiger partial charge in [-0.2, -0.15) is 0 Å². The van der Waals surface area contributed by atoms with Crippen molar-refractivity contribution >= 4 is 261 Å². The summed E-state index contributed by atoms with van der Waals surface area (Å²) in [7, 11) is 0. The Kier molecular flexibility index (Phi) is 19.0. The molecule has 554 valence electrons. The zero-order valence-electron chi connectivity index (χ0n) is 56.1. The summed E-state index contributed by atoms with van der Waals surface area (Å²) in [5, 5.41) is 64.7. The van der Waals surface area contributed by atoms with E-state index >= 15 is 0 Å². The van der Waals surface area contributed by atoms with Gasteiger partial charge in [0.2, 0.25) is 0 Å². The third kappa shape index (κ3) is 14.2. The van der Waals surface area contributed by atoms with Crippen LogP contribution in [0.1, 0.15) is 0 Å². The Bertz CT molecular complexity index is 6900. The Labute approximate surface area is 736 Å². The molecule has 0 aromatic carbocycles. The predicted molar refractivity (Wildman–Crippen MR) is 486 cm³/mol. The normalized spacial score (nSPS) is 11.8. The Hall–Kier alpha value is -8.51. The third-order valence-corrected chi connectivity index (χ3v) is 35.8. The lowest BCUT2D eigenvalue weighted by Crippen LogP contribution is -1.83. The molecule has 0 spiro atoms. The first kappa shape index (κ1) is 71.8. The number of rotatable bonds is 22. The fraction of sp³-hybridized carbons (Fsp3) is 0. The lowest BCUT2D eigenvalue weighted by Gasteiger charge is -1.91. The fourth-order valence-corrected chi connectivity index (χ4v) is 29.8. The van der Waals surface area contributed by atoms with Crippen molar-refractivity contribution in [3.8, 4) is 235 Å². The molecule has 0 radical (unpaired) electrons. The summed E-state index contributed by atoms with van der Waals surface area (Å²) in [5.41, 5.74) is 19.6. The van der Waals surface area contributed by atoms with Gasteiger partial charge in [0.05, 0.1) is 5.51 Å². The van der Waals surface area contributed by atoms with Crippen LogP contribution >= 0.6 is 261 Å². The van der Waals surface area contributed by atoms with Crippen molar-refractivity contribution in [1.29, 1.82) is 0 Å². The van der Waals surface area contributed by atoms with E-state index in [0.29, 0.717) is 0 Å². The highest BCUT2D eigenvalue weighted by molar-refractivity contribution is 7.23. The highest BCUT2D eigenvalue weighted by Gasteiger charge is 2.26. The molecule has 46 heteroatoms. The second-order valence-corrected chi connectivity index (χ2v) is 43.1. The van der Waals surface area contributed by atoms with E-state index in [1.54, 1.807) is 188 Å². The summed E-state index contributed by atoms with van der Waals surface area (Å²) in [6.45, 7) is 0. The average molecular weight is 1910 g/mol. The van der Waals surface area contributed by atoms with Crippen LogP contribution < -0.4 is 0 Å². The molecule has 0 aliphatic heterocycles. The van der Waals surface area contributed by atoms with Gasteiger partial charge in [-0.3, -0.25) is 0 Å². The molecule has 115 heavy (non-hydrogen) atoms. The minimum atomic E-state index is 0.788. The van der Waals surface area contributed by atoms with Crippen LogP contribution in [0.4, 0.5) is 0 Å². The van der Waals surface area contributed by atoms with Crippen LogP contribution in [0.25, 0.3) is 235 Å². The van der Waals surface area contributed by atoms with Gasteiger partial charge in [-0.1, -0.05) is 0 Å². The predicted octanol–water partition coefficient (Wildman–Crippen LogP) is 25.9. The quantitative estimate of drug-likeness (QED) is 0.0609. The number of aromatic nitrogens is 23. The van der Waals surface area contributed by atoms with E-state index < -0.39 is 0 Å². The molecule has 23 heterocycles. The van der Waals surface area contributed by atoms with Crippen LogP contribution in [-0.2, 0) is 0 Å². The lowest BCUT2D eigenvalue weighted by atomic mass is 10.4. The topological polar surface area (TPSA) is 296 Å². The largest absolute Gasteiger partial charge is 0.243 e. The van der Waals surface area contributed by atoms with Crippen molar-refractivity contribution in [1.82, 2.24) is 115 Å². The first-order valence-corrected chi connectivity index (χ1v) is 53.0. The van der Waals surface area contributed by atoms with Gasteiger partial charge >= 0.3 is 0 Å². The molecule has 0 unspecified atom stereocenters. The molecule has 0 fully saturated rings. The van der Waals surface area contributed by atoms with Gasteiger partial charge < -0.3 is 0 Å². The van der Waals surface area contributed by atoms with E-state index in [0.717, 1.165) is 235 Å². The molecular formula is C69H25N23S23. The molecule has 23 nitrogen and oxygen atoms in total. The molecule has 0 bridgehead atoms. The van der Waals surface area contributed by atoms with E-state index in [1.165, 1.54) is 79.4 Å². The van der Waals surface area contributed by atoms with Crippen molar-refractivity contribution in [2.24, 2.45) is 0 Å². The number of hydrogen-bond donors (Lipinski definition) is 0. The zero-order chi connectivity index (χ0) is 75.6. The Morgan fingerprint density at radius 1 is 0.122 bits per heavy atom. The maximum atomic E-state index is 5.00. The van der Waals surface area contributed by atoms with E-state index in [9.17, 15) is 0 Å². The summed E-state index contributed by atoms with van der Waals surface area (Å²) in [5.74, 6) is 0. The number of hydrogen-bond acceptors (Lipinski definition) is 46. The van der Waals surface area contributed by atoms with Gasteiger partial charge in [-0.15, -0.1) is 261 Å². The van der Waals surface area contributed by atoms with Gasteiger partial charge in [0.15, 0.2) is 0 Å². The SMILES string of the molecule is c1csc(-c2csc(-c3csc(-c4csc(-c5csc(-c6csc(-c7csc(-c8csc(-c9csc(-c%10csc(-c%11csc(-c%12csc(-c%13csc(-c%14csc(-c%15csc(-c%16csc(-c%17csc(-c%18csc(-c%19csc(-c%20csc(-c%21csc(-c%22csc(-c%23cscn%23)n%22)n%21)n%20)n%19)n%18)n%17)n%16)n%15)n%14)n%13)n%12)n%11)n%10)n9)n8)n7)n6)n5)n4)n3)n2)n1. The van der Waals surface area contributed by atoms with Gasteiger partial charge in [-0.05, 0) is 0 Å². The van der Waals surface area contributed by atoms with E-state index in [1.807, 2.05) is 129 Å². The minimum absolute atomic E-state index is 0.788. The number of nitrogens with zero attached hydrogens (tertiary/aromatic N) is 23. The van der Waals surface area contributed by atoms with Crippen LogP contribution in [0.3, 0.4) is 0 Å². The highest BCUT2D eigenvalue weighted by Crippen LogP contribution is 2.46. The van der Waals surface area contributed by atoms with E-state index in [2.05, 4.69) is 9.97 Å². The molecule has 0 saturated carbocycles. The monoisotopic (exact) mass is 1910 g/mol. The van der Waals surface area contributed by atoms with Crippen molar-refractivity contribution in [2.45, 2.75) is 0 Å². The molecule has 0 aliphatic rings. The molecular weight excluding hydrogens is 1890 g/mol. The van der Waals surface area contributed by atoms with Gasteiger partial charge in [-0.25, -0.2) is 115 Å². The lowest BCUT2D eigenvalue weighted by molar-refractivity contribution is 1.28. The Morgan fingerprint density at radius 3 is 0.365 bits per heavy atom. The van der Waals surface area contributed by atoms with Crippen molar-refractivity contribution in [2.75, 3.05) is 0 Å². The van der Waals surface area contributed by atoms with Crippen molar-refractivity contribution in [3.63, 3.8) is 0 Å². The Morgan fingerprint density at radius 2 is 0.252 bits per heavy atom. The fourth-order valence-electron chi connectivity index (χ4n) is 10.9. The smallest absolute Gasteiger partial charge is 0.143 e. The first-order chi connectivity index (χ1) is 56.8. The first-order valence-electron chi connectivity index (χ1n) is 32.7. The maximum Gasteiger partial charge on any atom is 0.143 e. The molecule has 23 aromatic heterocycles.